The molecular formula is C17H23ClN4O3. The number of ether oxygens (including phenoxy) is 2. The molecule has 8 heteroatoms. The predicted molar refractivity (Wildman–Crippen MR) is 97.4 cm³/mol. The van der Waals surface area contributed by atoms with Crippen molar-refractivity contribution < 1.29 is 14.3 Å². The number of hydrogen-bond acceptors (Lipinski definition) is 5. The van der Waals surface area contributed by atoms with Gasteiger partial charge in [-0.1, -0.05) is 11.6 Å². The molecule has 0 spiro atoms. The smallest absolute Gasteiger partial charge is 0.238 e. The predicted octanol–water partition coefficient (Wildman–Crippen LogP) is 2.64. The molecule has 0 radical (unpaired) electrons. The van der Waals surface area contributed by atoms with Crippen LogP contribution in [0.1, 0.15) is 12.5 Å². The molecule has 1 aromatic heterocycles. The van der Waals surface area contributed by atoms with Crippen LogP contribution >= 0.6 is 11.6 Å². The summed E-state index contributed by atoms with van der Waals surface area (Å²) in [6.07, 6.45) is 3.78. The molecule has 0 saturated heterocycles. The zero-order valence-electron chi connectivity index (χ0n) is 14.9. The fraction of sp³-hybridized carbons (Fsp3) is 0.412. The van der Waals surface area contributed by atoms with Crippen molar-refractivity contribution in [1.29, 1.82) is 0 Å². The first-order valence-electron chi connectivity index (χ1n) is 7.88. The topological polar surface area (TPSA) is 68.6 Å². The van der Waals surface area contributed by atoms with Gasteiger partial charge in [0.05, 0.1) is 37.7 Å². The number of hydrogen-bond donors (Lipinski definition) is 1. The Labute approximate surface area is 152 Å². The number of likely N-dealkylation sites (N-methyl/N-ethyl adjacent to an activating group) is 1. The maximum atomic E-state index is 12.3. The highest BCUT2D eigenvalue weighted by atomic mass is 35.5. The minimum atomic E-state index is -0.159. The van der Waals surface area contributed by atoms with Crippen LogP contribution in [0.4, 0.5) is 5.69 Å². The van der Waals surface area contributed by atoms with Crippen LogP contribution in [-0.2, 0) is 17.9 Å². The van der Waals surface area contributed by atoms with Crippen molar-refractivity contribution in [3.63, 3.8) is 0 Å². The molecule has 0 atom stereocenters. The molecule has 0 aliphatic heterocycles. The summed E-state index contributed by atoms with van der Waals surface area (Å²) in [7, 11) is 4.91. The number of benzene rings is 1. The standard InChI is InChI=1S/C17H23ClN4O3/c1-5-22-10-12(8-19-22)9-21(2)11-17(23)20-14-7-15(24-3)13(18)6-16(14)25-4/h6-8,10H,5,9,11H2,1-4H3,(H,20,23). The van der Waals surface area contributed by atoms with E-state index in [0.29, 0.717) is 28.8 Å². The van der Waals surface area contributed by atoms with Crippen LogP contribution in [0.3, 0.4) is 0 Å². The van der Waals surface area contributed by atoms with Gasteiger partial charge in [0.1, 0.15) is 11.5 Å². The summed E-state index contributed by atoms with van der Waals surface area (Å²) < 4.78 is 12.3. The number of methoxy groups -OCH3 is 2. The summed E-state index contributed by atoms with van der Waals surface area (Å²) in [6, 6.07) is 3.25. The van der Waals surface area contributed by atoms with Gasteiger partial charge in [0.25, 0.3) is 0 Å². The minimum absolute atomic E-state index is 0.159. The van der Waals surface area contributed by atoms with Crippen LogP contribution in [0.2, 0.25) is 5.02 Å². The monoisotopic (exact) mass is 366 g/mol. The van der Waals surface area contributed by atoms with E-state index in [2.05, 4.69) is 10.4 Å². The first kappa shape index (κ1) is 19.1. The highest BCUT2D eigenvalue weighted by molar-refractivity contribution is 6.32. The third-order valence-electron chi connectivity index (χ3n) is 3.62. The van der Waals surface area contributed by atoms with Crippen molar-refractivity contribution in [2.45, 2.75) is 20.0 Å². The molecule has 0 unspecified atom stereocenters. The zero-order chi connectivity index (χ0) is 18.4. The number of aryl methyl sites for hydroxylation is 1. The molecule has 1 amide bonds. The summed E-state index contributed by atoms with van der Waals surface area (Å²) in [5.41, 5.74) is 1.57. The van der Waals surface area contributed by atoms with Crippen LogP contribution in [-0.4, -0.2) is 48.4 Å². The molecule has 1 aromatic carbocycles. The Hall–Kier alpha value is -2.25. The Kier molecular flexibility index (Phi) is 6.66. The number of aromatic nitrogens is 2. The van der Waals surface area contributed by atoms with Crippen molar-refractivity contribution in [2.24, 2.45) is 0 Å². The van der Waals surface area contributed by atoms with Crippen LogP contribution in [0, 0.1) is 0 Å². The van der Waals surface area contributed by atoms with Gasteiger partial charge in [0.15, 0.2) is 0 Å². The Balaban J connectivity index is 1.99. The Bertz CT molecular complexity index is 733. The molecule has 0 fully saturated rings. The summed E-state index contributed by atoms with van der Waals surface area (Å²) >= 11 is 6.07. The lowest BCUT2D eigenvalue weighted by molar-refractivity contribution is -0.117. The van der Waals surface area contributed by atoms with Gasteiger partial charge in [0.2, 0.25) is 5.91 Å². The Morgan fingerprint density at radius 2 is 2.04 bits per heavy atom. The van der Waals surface area contributed by atoms with Gasteiger partial charge in [0, 0.05) is 37.0 Å². The van der Waals surface area contributed by atoms with Crippen LogP contribution in [0.25, 0.3) is 0 Å². The van der Waals surface area contributed by atoms with E-state index >= 15 is 0 Å². The van der Waals surface area contributed by atoms with Gasteiger partial charge < -0.3 is 14.8 Å². The second-order valence-electron chi connectivity index (χ2n) is 5.61. The van der Waals surface area contributed by atoms with E-state index in [-0.39, 0.29) is 12.5 Å². The van der Waals surface area contributed by atoms with Crippen LogP contribution in [0.5, 0.6) is 11.5 Å². The first-order chi connectivity index (χ1) is 12.0. The summed E-state index contributed by atoms with van der Waals surface area (Å²) in [6.45, 7) is 3.71. The SMILES string of the molecule is CCn1cc(CN(C)CC(=O)Nc2cc(OC)c(Cl)cc2OC)cn1. The van der Waals surface area contributed by atoms with Crippen molar-refractivity contribution in [1.82, 2.24) is 14.7 Å². The third-order valence-corrected chi connectivity index (χ3v) is 3.92. The van der Waals surface area contributed by atoms with E-state index in [0.717, 1.165) is 12.1 Å². The van der Waals surface area contributed by atoms with Gasteiger partial charge >= 0.3 is 0 Å². The molecule has 0 saturated carbocycles. The number of halogens is 1. The number of amides is 1. The molecule has 0 bridgehead atoms. The number of anilines is 1. The molecule has 1 heterocycles. The lowest BCUT2D eigenvalue weighted by Crippen LogP contribution is -2.29. The van der Waals surface area contributed by atoms with E-state index in [1.807, 2.05) is 35.9 Å². The average Bonchev–Trinajstić information content (AvgIpc) is 3.03. The lowest BCUT2D eigenvalue weighted by atomic mass is 10.2. The normalized spacial score (nSPS) is 10.8. The molecule has 0 aliphatic carbocycles. The lowest BCUT2D eigenvalue weighted by Gasteiger charge is -2.17. The van der Waals surface area contributed by atoms with Gasteiger partial charge in [-0.3, -0.25) is 14.4 Å². The summed E-state index contributed by atoms with van der Waals surface area (Å²) in [5, 5.41) is 7.48. The van der Waals surface area contributed by atoms with Gasteiger partial charge in [-0.15, -0.1) is 0 Å². The van der Waals surface area contributed by atoms with Crippen LogP contribution in [0.15, 0.2) is 24.5 Å². The Morgan fingerprint density at radius 3 is 2.64 bits per heavy atom. The van der Waals surface area contributed by atoms with Crippen molar-refractivity contribution in [2.75, 3.05) is 33.1 Å². The maximum Gasteiger partial charge on any atom is 0.238 e. The third kappa shape index (κ3) is 5.11. The fourth-order valence-electron chi connectivity index (χ4n) is 2.42. The van der Waals surface area contributed by atoms with E-state index in [9.17, 15) is 4.79 Å². The highest BCUT2D eigenvalue weighted by Gasteiger charge is 2.14. The minimum Gasteiger partial charge on any atom is -0.495 e. The molecule has 1 N–H and O–H groups in total. The second-order valence-corrected chi connectivity index (χ2v) is 6.02. The largest absolute Gasteiger partial charge is 0.495 e. The maximum absolute atomic E-state index is 12.3. The van der Waals surface area contributed by atoms with E-state index < -0.39 is 0 Å². The van der Waals surface area contributed by atoms with Crippen molar-refractivity contribution in [3.05, 3.63) is 35.1 Å². The molecule has 25 heavy (non-hydrogen) atoms. The average molecular weight is 367 g/mol. The highest BCUT2D eigenvalue weighted by Crippen LogP contribution is 2.35. The first-order valence-corrected chi connectivity index (χ1v) is 8.25. The number of nitrogens with zero attached hydrogens (tertiary/aromatic N) is 3. The summed E-state index contributed by atoms with van der Waals surface area (Å²) in [5.74, 6) is 0.789. The quantitative estimate of drug-likeness (QED) is 0.777. The second kappa shape index (κ2) is 8.73. The van der Waals surface area contributed by atoms with E-state index in [1.165, 1.54) is 14.2 Å². The fourth-order valence-corrected chi connectivity index (χ4v) is 2.65. The van der Waals surface area contributed by atoms with E-state index in [1.54, 1.807) is 12.1 Å². The summed E-state index contributed by atoms with van der Waals surface area (Å²) in [4.78, 5) is 14.2. The molecule has 2 rings (SSSR count). The number of rotatable bonds is 8. The molecule has 0 aliphatic rings. The van der Waals surface area contributed by atoms with E-state index in [4.69, 9.17) is 21.1 Å². The number of nitrogens with one attached hydrogen (secondary N) is 1. The van der Waals surface area contributed by atoms with Crippen LogP contribution < -0.4 is 14.8 Å². The zero-order valence-corrected chi connectivity index (χ0v) is 15.6. The van der Waals surface area contributed by atoms with Gasteiger partial charge in [-0.25, -0.2) is 0 Å². The molecule has 7 nitrogen and oxygen atoms in total. The van der Waals surface area contributed by atoms with Gasteiger partial charge in [-0.2, -0.15) is 5.10 Å². The number of carbonyl (C=O) groups excluding carboxylic acids is 1. The number of carbonyl (C=O) groups is 1. The van der Waals surface area contributed by atoms with Gasteiger partial charge in [-0.05, 0) is 14.0 Å². The van der Waals surface area contributed by atoms with Crippen molar-refractivity contribution >= 4 is 23.2 Å². The Morgan fingerprint density at radius 1 is 1.32 bits per heavy atom. The molecule has 136 valence electrons. The molecular weight excluding hydrogens is 344 g/mol. The van der Waals surface area contributed by atoms with Crippen molar-refractivity contribution in [3.8, 4) is 11.5 Å². The molecule has 2 aromatic rings.